The number of aromatic nitrogens is 1. The summed E-state index contributed by atoms with van der Waals surface area (Å²) in [6, 6.07) is 2.81. The summed E-state index contributed by atoms with van der Waals surface area (Å²) in [5.74, 6) is 0.611. The van der Waals surface area contributed by atoms with Gasteiger partial charge in [-0.25, -0.2) is 4.98 Å². The quantitative estimate of drug-likeness (QED) is 0.577. The first-order chi connectivity index (χ1) is 7.68. The molecule has 0 bridgehead atoms. The van der Waals surface area contributed by atoms with Gasteiger partial charge in [-0.15, -0.1) is 0 Å². The zero-order valence-corrected chi connectivity index (χ0v) is 8.63. The van der Waals surface area contributed by atoms with Crippen molar-refractivity contribution in [3.05, 3.63) is 22.2 Å². The monoisotopic (exact) mass is 224 g/mol. The fourth-order valence-corrected chi connectivity index (χ4v) is 1.61. The van der Waals surface area contributed by atoms with E-state index in [2.05, 4.69) is 4.98 Å². The molecule has 0 amide bonds. The Balaban J connectivity index is 2.36. The van der Waals surface area contributed by atoms with Crippen molar-refractivity contribution in [3.8, 4) is 0 Å². The predicted octanol–water partition coefficient (Wildman–Crippen LogP) is 0.409. The lowest BCUT2D eigenvalue weighted by molar-refractivity contribution is -0.384. The van der Waals surface area contributed by atoms with E-state index in [0.717, 1.165) is 0 Å². The van der Waals surface area contributed by atoms with Gasteiger partial charge in [-0.1, -0.05) is 0 Å². The van der Waals surface area contributed by atoms with Crippen LogP contribution >= 0.6 is 0 Å². The molecular formula is C9H12N4O3. The number of ether oxygens (including phenoxy) is 1. The molecule has 16 heavy (non-hydrogen) atoms. The van der Waals surface area contributed by atoms with E-state index in [1.165, 1.54) is 12.1 Å². The highest BCUT2D eigenvalue weighted by Crippen LogP contribution is 2.27. The van der Waals surface area contributed by atoms with Crippen molar-refractivity contribution in [2.75, 3.05) is 36.9 Å². The van der Waals surface area contributed by atoms with Gasteiger partial charge in [-0.05, 0) is 6.07 Å². The Labute approximate surface area is 92.0 Å². The van der Waals surface area contributed by atoms with E-state index in [0.29, 0.717) is 32.1 Å². The maximum absolute atomic E-state index is 10.8. The number of rotatable bonds is 2. The average Bonchev–Trinajstić information content (AvgIpc) is 2.29. The Morgan fingerprint density at radius 2 is 2.12 bits per heavy atom. The maximum Gasteiger partial charge on any atom is 0.311 e. The average molecular weight is 224 g/mol. The summed E-state index contributed by atoms with van der Waals surface area (Å²) < 4.78 is 5.18. The molecule has 1 aromatic heterocycles. The molecule has 1 aliphatic rings. The van der Waals surface area contributed by atoms with E-state index in [1.54, 1.807) is 0 Å². The standard InChI is InChI=1S/C9H12N4O3/c10-8-2-1-7(13(14)15)9(11-8)12-3-5-16-6-4-12/h1-2H,3-6H2,(H2,10,11). The summed E-state index contributed by atoms with van der Waals surface area (Å²) >= 11 is 0. The van der Waals surface area contributed by atoms with Crippen LogP contribution in [0.15, 0.2) is 12.1 Å². The molecule has 0 saturated carbocycles. The first kappa shape index (κ1) is 10.6. The predicted molar refractivity (Wildman–Crippen MR) is 58.3 cm³/mol. The van der Waals surface area contributed by atoms with Crippen LogP contribution in [0.4, 0.5) is 17.3 Å². The minimum Gasteiger partial charge on any atom is -0.384 e. The largest absolute Gasteiger partial charge is 0.384 e. The van der Waals surface area contributed by atoms with Crippen molar-refractivity contribution in [2.45, 2.75) is 0 Å². The van der Waals surface area contributed by atoms with E-state index in [1.807, 2.05) is 4.90 Å². The molecule has 0 aliphatic carbocycles. The normalized spacial score (nSPS) is 16.1. The summed E-state index contributed by atoms with van der Waals surface area (Å²) in [6.07, 6.45) is 0. The van der Waals surface area contributed by atoms with Crippen LogP contribution in [0.2, 0.25) is 0 Å². The zero-order chi connectivity index (χ0) is 11.5. The fraction of sp³-hybridized carbons (Fsp3) is 0.444. The Bertz CT molecular complexity index is 404. The van der Waals surface area contributed by atoms with Gasteiger partial charge in [-0.2, -0.15) is 0 Å². The van der Waals surface area contributed by atoms with Crippen molar-refractivity contribution in [3.63, 3.8) is 0 Å². The number of morpholine rings is 1. The van der Waals surface area contributed by atoms with Gasteiger partial charge >= 0.3 is 5.69 Å². The van der Waals surface area contributed by atoms with Crippen molar-refractivity contribution in [2.24, 2.45) is 0 Å². The zero-order valence-electron chi connectivity index (χ0n) is 8.63. The lowest BCUT2D eigenvalue weighted by Crippen LogP contribution is -2.37. The van der Waals surface area contributed by atoms with E-state index >= 15 is 0 Å². The fourth-order valence-electron chi connectivity index (χ4n) is 1.61. The lowest BCUT2D eigenvalue weighted by atomic mass is 10.3. The smallest absolute Gasteiger partial charge is 0.311 e. The maximum atomic E-state index is 10.8. The van der Waals surface area contributed by atoms with E-state index in [4.69, 9.17) is 10.5 Å². The second-order valence-electron chi connectivity index (χ2n) is 3.44. The molecule has 0 spiro atoms. The van der Waals surface area contributed by atoms with Gasteiger partial charge in [0.05, 0.1) is 18.1 Å². The molecule has 1 aliphatic heterocycles. The first-order valence-electron chi connectivity index (χ1n) is 4.92. The van der Waals surface area contributed by atoms with Gasteiger partial charge in [-0.3, -0.25) is 10.1 Å². The number of nitrogens with zero attached hydrogens (tertiary/aromatic N) is 3. The van der Waals surface area contributed by atoms with Crippen molar-refractivity contribution >= 4 is 17.3 Å². The van der Waals surface area contributed by atoms with Crippen LogP contribution in [0, 0.1) is 10.1 Å². The van der Waals surface area contributed by atoms with Crippen molar-refractivity contribution < 1.29 is 9.66 Å². The van der Waals surface area contributed by atoms with E-state index < -0.39 is 4.92 Å². The number of hydrogen-bond acceptors (Lipinski definition) is 6. The highest BCUT2D eigenvalue weighted by atomic mass is 16.6. The number of anilines is 2. The molecule has 1 saturated heterocycles. The van der Waals surface area contributed by atoms with Crippen LogP contribution in [-0.2, 0) is 4.74 Å². The van der Waals surface area contributed by atoms with Crippen molar-refractivity contribution in [1.29, 1.82) is 0 Å². The highest BCUT2D eigenvalue weighted by Gasteiger charge is 2.22. The van der Waals surface area contributed by atoms with Gasteiger partial charge in [0.25, 0.3) is 0 Å². The number of hydrogen-bond donors (Lipinski definition) is 1. The topological polar surface area (TPSA) is 94.5 Å². The molecule has 1 fully saturated rings. The van der Waals surface area contributed by atoms with Crippen LogP contribution < -0.4 is 10.6 Å². The third-order valence-electron chi connectivity index (χ3n) is 2.38. The minimum absolute atomic E-state index is 0.0175. The lowest BCUT2D eigenvalue weighted by Gasteiger charge is -2.27. The van der Waals surface area contributed by atoms with Crippen LogP contribution in [0.25, 0.3) is 0 Å². The molecule has 86 valence electrons. The molecule has 2 rings (SSSR count). The SMILES string of the molecule is Nc1ccc([N+](=O)[O-])c(N2CCOCC2)n1. The third kappa shape index (κ3) is 2.03. The summed E-state index contributed by atoms with van der Waals surface area (Å²) in [5, 5.41) is 10.8. The molecule has 0 radical (unpaired) electrons. The number of nitrogens with two attached hydrogens (primary N) is 1. The highest BCUT2D eigenvalue weighted by molar-refractivity contribution is 5.61. The molecule has 1 aromatic rings. The second kappa shape index (κ2) is 4.31. The Morgan fingerprint density at radius 1 is 1.44 bits per heavy atom. The van der Waals surface area contributed by atoms with Crippen LogP contribution in [0.3, 0.4) is 0 Å². The summed E-state index contributed by atoms with van der Waals surface area (Å²) in [5.41, 5.74) is 5.53. The van der Waals surface area contributed by atoms with Gasteiger partial charge in [0.15, 0.2) is 0 Å². The number of nitro groups is 1. The summed E-state index contributed by atoms with van der Waals surface area (Å²) in [4.78, 5) is 16.2. The van der Waals surface area contributed by atoms with Crippen LogP contribution in [-0.4, -0.2) is 36.2 Å². The van der Waals surface area contributed by atoms with Crippen LogP contribution in [0.1, 0.15) is 0 Å². The Morgan fingerprint density at radius 3 is 2.75 bits per heavy atom. The number of nitrogen functional groups attached to an aromatic ring is 1. The van der Waals surface area contributed by atoms with Gasteiger partial charge in [0.2, 0.25) is 5.82 Å². The molecule has 7 heteroatoms. The molecule has 2 heterocycles. The van der Waals surface area contributed by atoms with Gasteiger partial charge in [0.1, 0.15) is 5.82 Å². The molecule has 0 unspecified atom stereocenters. The molecule has 2 N–H and O–H groups in total. The molecule has 7 nitrogen and oxygen atoms in total. The third-order valence-corrected chi connectivity index (χ3v) is 2.38. The molecular weight excluding hydrogens is 212 g/mol. The Hall–Kier alpha value is -1.89. The van der Waals surface area contributed by atoms with Crippen molar-refractivity contribution in [1.82, 2.24) is 4.98 Å². The summed E-state index contributed by atoms with van der Waals surface area (Å²) in [7, 11) is 0. The first-order valence-corrected chi connectivity index (χ1v) is 4.92. The Kier molecular flexibility index (Phi) is 2.86. The number of pyridine rings is 1. The van der Waals surface area contributed by atoms with E-state index in [9.17, 15) is 10.1 Å². The molecule has 0 aromatic carbocycles. The van der Waals surface area contributed by atoms with Gasteiger partial charge < -0.3 is 15.4 Å². The van der Waals surface area contributed by atoms with Crippen LogP contribution in [0.5, 0.6) is 0 Å². The second-order valence-corrected chi connectivity index (χ2v) is 3.44. The minimum atomic E-state index is -0.447. The molecule has 0 atom stereocenters. The van der Waals surface area contributed by atoms with E-state index in [-0.39, 0.29) is 11.5 Å². The van der Waals surface area contributed by atoms with Gasteiger partial charge in [0, 0.05) is 19.2 Å². The summed E-state index contributed by atoms with van der Waals surface area (Å²) in [6.45, 7) is 2.29.